The monoisotopic (exact) mass is 549 g/mol. The van der Waals surface area contributed by atoms with Crippen LogP contribution >= 0.6 is 0 Å². The average molecular weight is 550 g/mol. The van der Waals surface area contributed by atoms with Crippen LogP contribution < -0.4 is 15.4 Å². The van der Waals surface area contributed by atoms with Crippen molar-refractivity contribution in [2.24, 2.45) is 0 Å². The maximum Gasteiger partial charge on any atom is 0.418 e. The largest absolute Gasteiger partial charge is 0.444 e. The van der Waals surface area contributed by atoms with Gasteiger partial charge >= 0.3 is 6.18 Å². The van der Waals surface area contributed by atoms with Crippen molar-refractivity contribution in [3.63, 3.8) is 0 Å². The van der Waals surface area contributed by atoms with Crippen LogP contribution in [0.25, 0.3) is 28.3 Å². The van der Waals surface area contributed by atoms with E-state index in [0.717, 1.165) is 60.6 Å². The van der Waals surface area contributed by atoms with Crippen molar-refractivity contribution in [1.82, 2.24) is 14.8 Å². The number of alkyl halides is 3. The van der Waals surface area contributed by atoms with Gasteiger partial charge in [-0.1, -0.05) is 0 Å². The molecule has 2 aliphatic heterocycles. The van der Waals surface area contributed by atoms with Gasteiger partial charge in [0.15, 0.2) is 12.2 Å². The molecule has 2 aromatic carbocycles. The summed E-state index contributed by atoms with van der Waals surface area (Å²) in [6, 6.07) is 11.5. The quantitative estimate of drug-likeness (QED) is 0.284. The number of aryl methyl sites for hydroxylation is 1. The van der Waals surface area contributed by atoms with E-state index >= 15 is 0 Å². The van der Waals surface area contributed by atoms with Crippen LogP contribution in [-0.2, 0) is 6.18 Å². The first-order chi connectivity index (χ1) is 19.2. The van der Waals surface area contributed by atoms with E-state index in [0.29, 0.717) is 34.9 Å². The molecule has 1 atom stereocenters. The molecule has 0 saturated carbocycles. The van der Waals surface area contributed by atoms with Crippen LogP contribution in [0.4, 0.5) is 24.5 Å². The van der Waals surface area contributed by atoms with Crippen LogP contribution in [0.5, 0.6) is 0 Å². The third kappa shape index (κ3) is 4.87. The van der Waals surface area contributed by atoms with Gasteiger partial charge in [0.25, 0.3) is 5.56 Å². The molecule has 0 bridgehead atoms. The second-order valence-corrected chi connectivity index (χ2v) is 10.7. The first kappa shape index (κ1) is 26.2. The Morgan fingerprint density at radius 2 is 1.73 bits per heavy atom. The Bertz CT molecular complexity index is 1590. The van der Waals surface area contributed by atoms with Gasteiger partial charge < -0.3 is 14.2 Å². The lowest BCUT2D eigenvalue weighted by molar-refractivity contribution is -0.137. The summed E-state index contributed by atoms with van der Waals surface area (Å²) < 4.78 is 49.5. The zero-order chi connectivity index (χ0) is 28.0. The van der Waals surface area contributed by atoms with Crippen LogP contribution in [0.3, 0.4) is 0 Å². The van der Waals surface area contributed by atoms with Crippen molar-refractivity contribution >= 4 is 11.4 Å². The van der Waals surface area contributed by atoms with Crippen molar-refractivity contribution < 1.29 is 17.6 Å². The minimum atomic E-state index is -4.67. The van der Waals surface area contributed by atoms with E-state index in [1.807, 2.05) is 41.8 Å². The predicted molar refractivity (Wildman–Crippen MR) is 148 cm³/mol. The van der Waals surface area contributed by atoms with Crippen molar-refractivity contribution in [2.45, 2.75) is 51.7 Å². The lowest BCUT2D eigenvalue weighted by Crippen LogP contribution is -2.35. The van der Waals surface area contributed by atoms with Gasteiger partial charge in [0.1, 0.15) is 5.69 Å². The molecule has 0 aliphatic carbocycles. The van der Waals surface area contributed by atoms with Crippen molar-refractivity contribution in [3.8, 4) is 28.3 Å². The molecule has 2 aliphatic rings. The number of hydrogen-bond acceptors (Lipinski definition) is 6. The van der Waals surface area contributed by atoms with Gasteiger partial charge in [-0.2, -0.15) is 23.0 Å². The minimum absolute atomic E-state index is 0.0803. The highest BCUT2D eigenvalue weighted by atomic mass is 19.4. The van der Waals surface area contributed by atoms with Crippen molar-refractivity contribution in [2.75, 3.05) is 29.4 Å². The number of nitrogens with zero attached hydrogens (tertiary/aromatic N) is 5. The molecule has 0 amide bonds. The SMILES string of the molecule is Cc1cc(-c2cc(N3CCCC3C)c(=O)n(-c3cc(N4CCCC4)ccc3C(F)(F)F)n2)cc(-c2cnco2)c1. The molecule has 2 fully saturated rings. The van der Waals surface area contributed by atoms with E-state index in [9.17, 15) is 18.0 Å². The van der Waals surface area contributed by atoms with Gasteiger partial charge in [0, 0.05) is 42.5 Å². The zero-order valence-corrected chi connectivity index (χ0v) is 22.4. The molecule has 7 nitrogen and oxygen atoms in total. The van der Waals surface area contributed by atoms with E-state index in [2.05, 4.69) is 10.1 Å². The topological polar surface area (TPSA) is 67.4 Å². The lowest BCUT2D eigenvalue weighted by atomic mass is 10.0. The van der Waals surface area contributed by atoms with Gasteiger partial charge in [-0.15, -0.1) is 0 Å². The van der Waals surface area contributed by atoms with Crippen molar-refractivity contribution in [3.05, 3.63) is 76.5 Å². The Morgan fingerprint density at radius 3 is 2.40 bits per heavy atom. The Morgan fingerprint density at radius 1 is 0.950 bits per heavy atom. The Balaban J connectivity index is 1.59. The molecule has 2 aromatic heterocycles. The number of benzene rings is 2. The summed E-state index contributed by atoms with van der Waals surface area (Å²) in [5, 5.41) is 4.59. The van der Waals surface area contributed by atoms with Gasteiger partial charge in [0.05, 0.1) is 23.1 Å². The van der Waals surface area contributed by atoms with Crippen molar-refractivity contribution in [1.29, 1.82) is 0 Å². The van der Waals surface area contributed by atoms with Crippen LogP contribution in [-0.4, -0.2) is 40.4 Å². The number of oxazole rings is 1. The fraction of sp³-hybridized carbons (Fsp3) is 0.367. The minimum Gasteiger partial charge on any atom is -0.444 e. The second-order valence-electron chi connectivity index (χ2n) is 10.7. The molecular formula is C30H30F3N5O2. The molecule has 0 N–H and O–H groups in total. The molecular weight excluding hydrogens is 519 g/mol. The zero-order valence-electron chi connectivity index (χ0n) is 22.4. The maximum atomic E-state index is 14.3. The molecule has 208 valence electrons. The molecule has 40 heavy (non-hydrogen) atoms. The third-order valence-corrected chi connectivity index (χ3v) is 7.83. The van der Waals surface area contributed by atoms with Gasteiger partial charge in [0.2, 0.25) is 0 Å². The molecule has 1 unspecified atom stereocenters. The first-order valence-corrected chi connectivity index (χ1v) is 13.6. The van der Waals surface area contributed by atoms with Gasteiger partial charge in [-0.3, -0.25) is 4.79 Å². The number of halogens is 3. The fourth-order valence-corrected chi connectivity index (χ4v) is 5.82. The molecule has 2 saturated heterocycles. The summed E-state index contributed by atoms with van der Waals surface area (Å²) >= 11 is 0. The molecule has 4 heterocycles. The molecule has 4 aromatic rings. The average Bonchev–Trinajstić information content (AvgIpc) is 3.71. The van der Waals surface area contributed by atoms with Crippen LogP contribution in [0.2, 0.25) is 0 Å². The number of rotatable bonds is 5. The summed E-state index contributed by atoms with van der Waals surface area (Å²) in [7, 11) is 0. The summed E-state index contributed by atoms with van der Waals surface area (Å²) in [5.41, 5.74) is 2.01. The summed E-state index contributed by atoms with van der Waals surface area (Å²) in [4.78, 5) is 22.0. The highest BCUT2D eigenvalue weighted by Crippen LogP contribution is 2.37. The van der Waals surface area contributed by atoms with Crippen LogP contribution in [0, 0.1) is 6.92 Å². The van der Waals surface area contributed by atoms with Gasteiger partial charge in [-0.25, -0.2) is 4.98 Å². The third-order valence-electron chi connectivity index (χ3n) is 7.83. The summed E-state index contributed by atoms with van der Waals surface area (Å²) in [6.45, 7) is 6.12. The molecule has 0 spiro atoms. The number of aromatic nitrogens is 3. The molecule has 6 rings (SSSR count). The molecule has 10 heteroatoms. The summed E-state index contributed by atoms with van der Waals surface area (Å²) in [5.74, 6) is 0.560. The number of anilines is 2. The highest BCUT2D eigenvalue weighted by molar-refractivity contribution is 5.72. The second kappa shape index (κ2) is 10.1. The first-order valence-electron chi connectivity index (χ1n) is 13.6. The maximum absolute atomic E-state index is 14.3. The fourth-order valence-electron chi connectivity index (χ4n) is 5.82. The van der Waals surface area contributed by atoms with Gasteiger partial charge in [-0.05, 0) is 87.6 Å². The van der Waals surface area contributed by atoms with E-state index in [1.54, 1.807) is 12.3 Å². The Kier molecular flexibility index (Phi) is 6.64. The highest BCUT2D eigenvalue weighted by Gasteiger charge is 2.36. The van der Waals surface area contributed by atoms with E-state index in [4.69, 9.17) is 4.42 Å². The van der Waals surface area contributed by atoms with E-state index in [1.165, 1.54) is 18.5 Å². The van der Waals surface area contributed by atoms with Crippen LogP contribution in [0.15, 0.2) is 64.3 Å². The normalized spacial score (nSPS) is 17.7. The van der Waals surface area contributed by atoms with E-state index < -0.39 is 17.3 Å². The smallest absolute Gasteiger partial charge is 0.418 e. The lowest BCUT2D eigenvalue weighted by Gasteiger charge is -2.25. The standard InChI is InChI=1S/C30H30F3N5O2/c1-19-12-21(14-22(13-19)28-17-34-18-40-28)25-16-27(37-11-5-6-20(37)2)29(39)38(35-25)26-15-23(36-9-3-4-10-36)7-8-24(26)30(31,32)33/h7-8,12-18,20H,3-6,9-11H2,1-2H3. The number of hydrogen-bond donors (Lipinski definition) is 0. The molecule has 0 radical (unpaired) electrons. The Labute approximate surface area is 229 Å². The predicted octanol–water partition coefficient (Wildman–Crippen LogP) is 6.47. The van der Waals surface area contributed by atoms with E-state index in [-0.39, 0.29) is 11.7 Å². The van der Waals surface area contributed by atoms with Crippen LogP contribution in [0.1, 0.15) is 43.7 Å². The Hall–Kier alpha value is -4.08. The summed E-state index contributed by atoms with van der Waals surface area (Å²) in [6.07, 6.45) is 2.02.